The number of nitrogens with zero attached hydrogens (tertiary/aromatic N) is 3. The molecule has 0 saturated carbocycles. The average molecular weight is 444 g/mol. The van der Waals surface area contributed by atoms with Crippen molar-refractivity contribution in [1.29, 1.82) is 0 Å². The molecule has 0 aliphatic rings. The number of nitrogens with two attached hydrogens (primary N) is 1. The standard InChI is InChI=1S/C23H16N4O4S/c1-30-15-9-7-14(8-10-15)27-19(23(29)31-26-27)20(28)21-18(24)16-11-12-17(25-22(16)32-21)13-5-3-2-4-6-13/h2-12H,1H3,(H2-,24,26,28,29). The first-order valence-corrected chi connectivity index (χ1v) is 10.4. The molecule has 5 aromatic rings. The Bertz CT molecular complexity index is 1440. The lowest BCUT2D eigenvalue weighted by Gasteiger charge is -2.00. The molecule has 2 aromatic carbocycles. The number of carbonyl (C=O) groups excluding carboxylic acids is 1. The molecule has 8 nitrogen and oxygen atoms in total. The van der Waals surface area contributed by atoms with E-state index in [1.165, 1.54) is 0 Å². The molecule has 0 aliphatic heterocycles. The number of aromatic nitrogens is 3. The fourth-order valence-corrected chi connectivity index (χ4v) is 4.41. The first-order valence-electron chi connectivity index (χ1n) is 9.59. The van der Waals surface area contributed by atoms with Gasteiger partial charge in [0.25, 0.3) is 5.78 Å². The van der Waals surface area contributed by atoms with E-state index in [0.717, 1.165) is 27.3 Å². The van der Waals surface area contributed by atoms with Gasteiger partial charge in [0.1, 0.15) is 15.5 Å². The van der Waals surface area contributed by atoms with Crippen LogP contribution in [0.15, 0.2) is 71.3 Å². The molecule has 0 fully saturated rings. The summed E-state index contributed by atoms with van der Waals surface area (Å²) in [4.78, 5) is 18.8. The van der Waals surface area contributed by atoms with Gasteiger partial charge in [-0.15, -0.1) is 11.3 Å². The van der Waals surface area contributed by atoms with Crippen LogP contribution < -0.4 is 20.3 Å². The molecule has 0 saturated heterocycles. The number of pyridine rings is 1. The third-order valence-electron chi connectivity index (χ3n) is 5.01. The van der Waals surface area contributed by atoms with Gasteiger partial charge in [0.2, 0.25) is 5.69 Å². The molecule has 3 aromatic heterocycles. The van der Waals surface area contributed by atoms with E-state index in [0.29, 0.717) is 21.7 Å². The van der Waals surface area contributed by atoms with Crippen LogP contribution in [0.1, 0.15) is 15.4 Å². The molecule has 0 spiro atoms. The van der Waals surface area contributed by atoms with Gasteiger partial charge >= 0.3 is 5.69 Å². The molecular formula is C23H16N4O4S. The van der Waals surface area contributed by atoms with Crippen LogP contribution in [-0.2, 0) is 0 Å². The van der Waals surface area contributed by atoms with Gasteiger partial charge in [0.15, 0.2) is 5.95 Å². The lowest BCUT2D eigenvalue weighted by atomic mass is 10.1. The zero-order valence-corrected chi connectivity index (χ0v) is 17.6. The summed E-state index contributed by atoms with van der Waals surface area (Å²) in [6.45, 7) is 0. The van der Waals surface area contributed by atoms with Crippen molar-refractivity contribution >= 4 is 33.0 Å². The van der Waals surface area contributed by atoms with Crippen molar-refractivity contribution in [2.45, 2.75) is 0 Å². The Morgan fingerprint density at radius 2 is 1.84 bits per heavy atom. The monoisotopic (exact) mass is 444 g/mol. The summed E-state index contributed by atoms with van der Waals surface area (Å²) in [7, 11) is 1.55. The molecule has 0 radical (unpaired) electrons. The van der Waals surface area contributed by atoms with E-state index in [2.05, 4.69) is 10.3 Å². The molecule has 9 heteroatoms. The zero-order valence-electron chi connectivity index (χ0n) is 16.8. The first-order chi connectivity index (χ1) is 15.6. The van der Waals surface area contributed by atoms with E-state index in [4.69, 9.17) is 15.0 Å². The second-order valence-electron chi connectivity index (χ2n) is 6.91. The van der Waals surface area contributed by atoms with Gasteiger partial charge < -0.3 is 20.1 Å². The van der Waals surface area contributed by atoms with Crippen molar-refractivity contribution in [2.75, 3.05) is 12.8 Å². The number of hydrogen-bond acceptors (Lipinski definition) is 8. The Balaban J connectivity index is 1.58. The van der Waals surface area contributed by atoms with Gasteiger partial charge in [-0.3, -0.25) is 4.79 Å². The summed E-state index contributed by atoms with van der Waals surface area (Å²) < 4.78 is 11.1. The van der Waals surface area contributed by atoms with Gasteiger partial charge in [-0.05, 0) is 28.9 Å². The quantitative estimate of drug-likeness (QED) is 0.327. The van der Waals surface area contributed by atoms with Gasteiger partial charge in [0.05, 0.1) is 23.8 Å². The first kappa shape index (κ1) is 19.7. The number of hydrogen-bond donors (Lipinski definition) is 1. The Labute approximate surface area is 186 Å². The van der Waals surface area contributed by atoms with E-state index in [-0.39, 0.29) is 16.3 Å². The maximum atomic E-state index is 13.3. The molecule has 0 unspecified atom stereocenters. The van der Waals surface area contributed by atoms with Crippen LogP contribution in [0.3, 0.4) is 0 Å². The highest BCUT2D eigenvalue weighted by molar-refractivity contribution is 7.21. The lowest BCUT2D eigenvalue weighted by molar-refractivity contribution is -0.672. The van der Waals surface area contributed by atoms with Crippen molar-refractivity contribution in [3.05, 3.63) is 77.3 Å². The summed E-state index contributed by atoms with van der Waals surface area (Å²) in [5.41, 5.74) is 8.50. The summed E-state index contributed by atoms with van der Waals surface area (Å²) in [6, 6.07) is 20.1. The summed E-state index contributed by atoms with van der Waals surface area (Å²) in [5, 5.41) is 16.8. The topological polar surface area (TPSA) is 118 Å². The Kier molecular flexibility index (Phi) is 4.79. The minimum Gasteiger partial charge on any atom is -0.539 e. The number of ketones is 1. The average Bonchev–Trinajstić information content (AvgIpc) is 3.39. The third kappa shape index (κ3) is 3.25. The fraction of sp³-hybridized carbons (Fsp3) is 0.0435. The van der Waals surface area contributed by atoms with Gasteiger partial charge in [0, 0.05) is 23.1 Å². The third-order valence-corrected chi connectivity index (χ3v) is 6.13. The number of carbonyl (C=O) groups is 1. The van der Waals surface area contributed by atoms with Gasteiger partial charge in [-0.2, -0.15) is 0 Å². The highest BCUT2D eigenvalue weighted by atomic mass is 32.1. The van der Waals surface area contributed by atoms with Gasteiger partial charge in [-0.25, -0.2) is 4.98 Å². The van der Waals surface area contributed by atoms with Crippen LogP contribution >= 0.6 is 11.3 Å². The molecular weight excluding hydrogens is 428 g/mol. The number of ether oxygens (including phenoxy) is 1. The SMILES string of the molecule is COc1ccc(-[n+]2noc([O-])c2C(=O)c2sc3nc(-c4ccccc4)ccc3c2N)cc1. The minimum atomic E-state index is -0.847. The van der Waals surface area contributed by atoms with Crippen LogP contribution in [0.4, 0.5) is 5.69 Å². The van der Waals surface area contributed by atoms with Crippen LogP contribution in [0.25, 0.3) is 27.2 Å². The predicted octanol–water partition coefficient (Wildman–Crippen LogP) is 3.12. The maximum Gasteiger partial charge on any atom is 0.312 e. The van der Waals surface area contributed by atoms with Crippen molar-refractivity contribution in [2.24, 2.45) is 0 Å². The molecule has 0 bridgehead atoms. The Morgan fingerprint density at radius 3 is 2.56 bits per heavy atom. The largest absolute Gasteiger partial charge is 0.539 e. The number of methoxy groups -OCH3 is 1. The highest BCUT2D eigenvalue weighted by Crippen LogP contribution is 2.36. The van der Waals surface area contributed by atoms with Crippen molar-refractivity contribution in [3.8, 4) is 28.6 Å². The normalized spacial score (nSPS) is 11.0. The van der Waals surface area contributed by atoms with E-state index in [9.17, 15) is 9.90 Å². The summed E-state index contributed by atoms with van der Waals surface area (Å²) in [6.07, 6.45) is 0. The Morgan fingerprint density at radius 1 is 1.09 bits per heavy atom. The minimum absolute atomic E-state index is 0.209. The maximum absolute atomic E-state index is 13.3. The van der Waals surface area contributed by atoms with E-state index >= 15 is 0 Å². The number of anilines is 1. The zero-order chi connectivity index (χ0) is 22.2. The lowest BCUT2D eigenvalue weighted by Crippen LogP contribution is -2.39. The molecule has 5 rings (SSSR count). The second-order valence-corrected chi connectivity index (χ2v) is 7.91. The summed E-state index contributed by atoms with van der Waals surface area (Å²) in [5.74, 6) is -0.795. The molecule has 0 aliphatic carbocycles. The van der Waals surface area contributed by atoms with Crippen molar-refractivity contribution in [1.82, 2.24) is 10.3 Å². The van der Waals surface area contributed by atoms with E-state index in [1.807, 2.05) is 42.5 Å². The second kappa shape index (κ2) is 7.78. The predicted molar refractivity (Wildman–Crippen MR) is 117 cm³/mol. The van der Waals surface area contributed by atoms with Gasteiger partial charge in [-0.1, -0.05) is 30.3 Å². The smallest absolute Gasteiger partial charge is 0.312 e. The molecule has 32 heavy (non-hydrogen) atoms. The number of nitrogen functional groups attached to an aromatic ring is 1. The highest BCUT2D eigenvalue weighted by Gasteiger charge is 2.32. The summed E-state index contributed by atoms with van der Waals surface area (Å²) >= 11 is 1.13. The molecule has 0 amide bonds. The number of thiophene rings is 1. The number of benzene rings is 2. The number of rotatable bonds is 5. The molecule has 3 heterocycles. The van der Waals surface area contributed by atoms with Crippen LogP contribution in [0.5, 0.6) is 11.7 Å². The van der Waals surface area contributed by atoms with Crippen LogP contribution in [-0.4, -0.2) is 23.1 Å². The Hall–Kier alpha value is -4.24. The van der Waals surface area contributed by atoms with Crippen LogP contribution in [0.2, 0.25) is 0 Å². The van der Waals surface area contributed by atoms with Crippen molar-refractivity contribution in [3.63, 3.8) is 0 Å². The van der Waals surface area contributed by atoms with E-state index < -0.39 is 11.7 Å². The number of fused-ring (bicyclic) bond motifs is 1. The molecule has 0 atom stereocenters. The fourth-order valence-electron chi connectivity index (χ4n) is 3.38. The van der Waals surface area contributed by atoms with Crippen molar-refractivity contribution < 1.29 is 23.8 Å². The van der Waals surface area contributed by atoms with E-state index in [1.54, 1.807) is 31.4 Å². The van der Waals surface area contributed by atoms with Crippen LogP contribution in [0, 0.1) is 0 Å². The molecule has 2 N–H and O–H groups in total. The molecule has 158 valence electrons.